The van der Waals surface area contributed by atoms with Gasteiger partial charge in [-0.25, -0.2) is 0 Å². The summed E-state index contributed by atoms with van der Waals surface area (Å²) in [5, 5.41) is 0. The van der Waals surface area contributed by atoms with Gasteiger partial charge in [0.15, 0.2) is 0 Å². The molecule has 0 bridgehead atoms. The molecule has 1 aliphatic heterocycles. The summed E-state index contributed by atoms with van der Waals surface area (Å²) in [5.41, 5.74) is 2.94. The van der Waals surface area contributed by atoms with Crippen LogP contribution in [0.2, 0.25) is 0 Å². The SMILES string of the molecule is CC(C)(C)c1cc(I)c2c(c1)C[N+](C)(C)CO2. The molecule has 94 valence electrons. The van der Waals surface area contributed by atoms with Crippen molar-refractivity contribution < 1.29 is 9.22 Å². The Balaban J connectivity index is 2.49. The van der Waals surface area contributed by atoms with Gasteiger partial charge in [-0.3, -0.25) is 4.48 Å². The van der Waals surface area contributed by atoms with Gasteiger partial charge in [-0.05, 0) is 45.7 Å². The molecule has 2 nitrogen and oxygen atoms in total. The molecule has 0 fully saturated rings. The largest absolute Gasteiger partial charge is 0.444 e. The smallest absolute Gasteiger partial charge is 0.223 e. The van der Waals surface area contributed by atoms with Gasteiger partial charge < -0.3 is 4.74 Å². The van der Waals surface area contributed by atoms with Gasteiger partial charge in [0.1, 0.15) is 12.3 Å². The first-order valence-electron chi connectivity index (χ1n) is 5.97. The van der Waals surface area contributed by atoms with Crippen molar-refractivity contribution in [2.24, 2.45) is 0 Å². The normalized spacial score (nSPS) is 18.5. The van der Waals surface area contributed by atoms with E-state index in [0.29, 0.717) is 0 Å². The van der Waals surface area contributed by atoms with Crippen molar-refractivity contribution >= 4 is 22.6 Å². The van der Waals surface area contributed by atoms with Gasteiger partial charge in [0.2, 0.25) is 6.73 Å². The molecule has 0 amide bonds. The standard InChI is InChI=1S/C14H21INO/c1-14(2,3)11-6-10-8-16(4,5)9-17-13(10)12(15)7-11/h6-7H,8-9H2,1-5H3/q+1. The van der Waals surface area contributed by atoms with Crippen LogP contribution in [0.15, 0.2) is 12.1 Å². The van der Waals surface area contributed by atoms with Crippen LogP contribution in [-0.2, 0) is 12.0 Å². The summed E-state index contributed by atoms with van der Waals surface area (Å²) in [6, 6.07) is 4.57. The third-order valence-corrected chi connectivity index (χ3v) is 3.94. The zero-order chi connectivity index (χ0) is 12.8. The predicted octanol–water partition coefficient (Wildman–Crippen LogP) is 3.52. The van der Waals surface area contributed by atoms with Crippen LogP contribution in [0, 0.1) is 3.57 Å². The lowest BCUT2D eigenvalue weighted by Crippen LogP contribution is -2.45. The molecule has 0 saturated heterocycles. The molecule has 17 heavy (non-hydrogen) atoms. The van der Waals surface area contributed by atoms with E-state index >= 15 is 0 Å². The van der Waals surface area contributed by atoms with Gasteiger partial charge in [-0.2, -0.15) is 0 Å². The minimum atomic E-state index is 0.198. The number of rotatable bonds is 0. The summed E-state index contributed by atoms with van der Waals surface area (Å²) in [6.07, 6.45) is 0. The lowest BCUT2D eigenvalue weighted by atomic mass is 9.86. The quantitative estimate of drug-likeness (QED) is 0.516. The highest BCUT2D eigenvalue weighted by atomic mass is 127. The average Bonchev–Trinajstić information content (AvgIpc) is 2.13. The fourth-order valence-corrected chi connectivity index (χ4v) is 2.95. The van der Waals surface area contributed by atoms with Crippen molar-refractivity contribution in [2.75, 3.05) is 20.8 Å². The number of benzene rings is 1. The van der Waals surface area contributed by atoms with Crippen molar-refractivity contribution in [3.8, 4) is 5.75 Å². The first-order valence-corrected chi connectivity index (χ1v) is 7.05. The highest BCUT2D eigenvalue weighted by molar-refractivity contribution is 14.1. The van der Waals surface area contributed by atoms with E-state index in [1.165, 1.54) is 14.7 Å². The number of halogens is 1. The first-order chi connectivity index (χ1) is 7.69. The molecular weight excluding hydrogens is 325 g/mol. The number of hydrogen-bond acceptors (Lipinski definition) is 1. The minimum absolute atomic E-state index is 0.198. The maximum absolute atomic E-state index is 5.90. The van der Waals surface area contributed by atoms with E-state index in [0.717, 1.165) is 23.5 Å². The monoisotopic (exact) mass is 346 g/mol. The predicted molar refractivity (Wildman–Crippen MR) is 79.2 cm³/mol. The van der Waals surface area contributed by atoms with E-state index in [4.69, 9.17) is 4.74 Å². The lowest BCUT2D eigenvalue weighted by molar-refractivity contribution is -0.921. The van der Waals surface area contributed by atoms with Crippen LogP contribution in [0.1, 0.15) is 31.9 Å². The summed E-state index contributed by atoms with van der Waals surface area (Å²) >= 11 is 2.39. The number of nitrogens with zero attached hydrogens (tertiary/aromatic N) is 1. The van der Waals surface area contributed by atoms with E-state index in [1.807, 2.05) is 0 Å². The Labute approximate surface area is 118 Å². The molecule has 0 atom stereocenters. The Bertz CT molecular complexity index is 446. The highest BCUT2D eigenvalue weighted by Gasteiger charge is 2.28. The second-order valence-corrected chi connectivity index (χ2v) is 7.73. The van der Waals surface area contributed by atoms with Crippen LogP contribution in [-0.4, -0.2) is 25.3 Å². The summed E-state index contributed by atoms with van der Waals surface area (Å²) in [5.74, 6) is 1.09. The van der Waals surface area contributed by atoms with Gasteiger partial charge in [0.05, 0.1) is 23.2 Å². The topological polar surface area (TPSA) is 9.23 Å². The zero-order valence-corrected chi connectivity index (χ0v) is 13.5. The fraction of sp³-hybridized carbons (Fsp3) is 0.571. The molecule has 0 aliphatic carbocycles. The van der Waals surface area contributed by atoms with E-state index in [-0.39, 0.29) is 5.41 Å². The number of hydrogen-bond donors (Lipinski definition) is 0. The Kier molecular flexibility index (Phi) is 3.19. The molecule has 0 aromatic heterocycles. The first kappa shape index (κ1) is 13.1. The van der Waals surface area contributed by atoms with Crippen molar-refractivity contribution in [1.29, 1.82) is 0 Å². The molecule has 0 saturated carbocycles. The third-order valence-electron chi connectivity index (χ3n) is 3.14. The zero-order valence-electron chi connectivity index (χ0n) is 11.3. The van der Waals surface area contributed by atoms with Crippen LogP contribution < -0.4 is 4.74 Å². The summed E-state index contributed by atoms with van der Waals surface area (Å²) in [6.45, 7) is 8.59. The Hall–Kier alpha value is -0.290. The van der Waals surface area contributed by atoms with E-state index < -0.39 is 0 Å². The molecule has 2 rings (SSSR count). The molecule has 1 heterocycles. The highest BCUT2D eigenvalue weighted by Crippen LogP contribution is 2.36. The van der Waals surface area contributed by atoms with Crippen molar-refractivity contribution in [2.45, 2.75) is 32.7 Å². The summed E-state index contributed by atoms with van der Waals surface area (Å²) in [4.78, 5) is 0. The van der Waals surface area contributed by atoms with Crippen LogP contribution >= 0.6 is 22.6 Å². The van der Waals surface area contributed by atoms with Gasteiger partial charge in [0, 0.05) is 0 Å². The fourth-order valence-electron chi connectivity index (χ4n) is 2.11. The van der Waals surface area contributed by atoms with Gasteiger partial charge in [-0.1, -0.05) is 20.8 Å². The van der Waals surface area contributed by atoms with E-state index in [9.17, 15) is 0 Å². The number of quaternary nitrogens is 1. The second kappa shape index (κ2) is 4.12. The van der Waals surface area contributed by atoms with Crippen LogP contribution in [0.3, 0.4) is 0 Å². The van der Waals surface area contributed by atoms with Crippen molar-refractivity contribution in [3.63, 3.8) is 0 Å². The second-order valence-electron chi connectivity index (χ2n) is 6.56. The molecule has 1 aromatic rings. The summed E-state index contributed by atoms with van der Waals surface area (Å²) < 4.78 is 8.04. The number of fused-ring (bicyclic) bond motifs is 1. The van der Waals surface area contributed by atoms with Crippen LogP contribution in [0.5, 0.6) is 5.75 Å². The Morgan fingerprint density at radius 3 is 2.47 bits per heavy atom. The van der Waals surface area contributed by atoms with Crippen molar-refractivity contribution in [3.05, 3.63) is 26.8 Å². The molecule has 0 N–H and O–H groups in total. The van der Waals surface area contributed by atoms with Gasteiger partial charge >= 0.3 is 0 Å². The van der Waals surface area contributed by atoms with Gasteiger partial charge in [-0.15, -0.1) is 0 Å². The van der Waals surface area contributed by atoms with Crippen LogP contribution in [0.4, 0.5) is 0 Å². The number of ether oxygens (including phenoxy) is 1. The van der Waals surface area contributed by atoms with Crippen LogP contribution in [0.25, 0.3) is 0 Å². The molecular formula is C14H21INO+. The van der Waals surface area contributed by atoms with E-state index in [2.05, 4.69) is 69.6 Å². The molecule has 0 unspecified atom stereocenters. The van der Waals surface area contributed by atoms with Crippen molar-refractivity contribution in [1.82, 2.24) is 0 Å². The summed E-state index contributed by atoms with van der Waals surface area (Å²) in [7, 11) is 4.42. The average molecular weight is 346 g/mol. The Morgan fingerprint density at radius 2 is 1.88 bits per heavy atom. The maximum atomic E-state index is 5.90. The Morgan fingerprint density at radius 1 is 1.24 bits per heavy atom. The van der Waals surface area contributed by atoms with E-state index in [1.54, 1.807) is 0 Å². The van der Waals surface area contributed by atoms with Gasteiger partial charge in [0.25, 0.3) is 0 Å². The molecule has 3 heteroatoms. The molecule has 0 radical (unpaired) electrons. The maximum Gasteiger partial charge on any atom is 0.223 e. The molecule has 1 aliphatic rings. The minimum Gasteiger partial charge on any atom is -0.444 e. The molecule has 0 spiro atoms. The lowest BCUT2D eigenvalue weighted by Gasteiger charge is -2.35. The third kappa shape index (κ3) is 2.76. The molecule has 1 aromatic carbocycles.